The van der Waals surface area contributed by atoms with Crippen molar-refractivity contribution < 1.29 is 14.4 Å². The van der Waals surface area contributed by atoms with Crippen molar-refractivity contribution in [2.24, 2.45) is 0 Å². The van der Waals surface area contributed by atoms with E-state index in [2.05, 4.69) is 10.6 Å². The van der Waals surface area contributed by atoms with Gasteiger partial charge in [0.2, 0.25) is 5.91 Å². The van der Waals surface area contributed by atoms with Crippen molar-refractivity contribution >= 4 is 52.6 Å². The van der Waals surface area contributed by atoms with Crippen LogP contribution in [0.15, 0.2) is 150 Å². The van der Waals surface area contributed by atoms with Crippen LogP contribution in [0.3, 0.4) is 0 Å². The van der Waals surface area contributed by atoms with Crippen LogP contribution in [-0.2, 0) is 9.59 Å². The average molecular weight is 598 g/mol. The number of anilines is 3. The molecule has 3 amide bonds. The van der Waals surface area contributed by atoms with E-state index in [0.717, 1.165) is 27.4 Å². The summed E-state index contributed by atoms with van der Waals surface area (Å²) in [4.78, 5) is 42.4. The van der Waals surface area contributed by atoms with E-state index < -0.39 is 5.91 Å². The highest BCUT2D eigenvalue weighted by molar-refractivity contribution is 8.00. The molecule has 2 N–H and O–H groups in total. The van der Waals surface area contributed by atoms with Gasteiger partial charge in [0.1, 0.15) is 5.70 Å². The lowest BCUT2D eigenvalue weighted by Gasteiger charge is -2.23. The Kier molecular flexibility index (Phi) is 10.0. The molecule has 0 saturated heterocycles. The Bertz CT molecular complexity index is 1730. The van der Waals surface area contributed by atoms with Gasteiger partial charge in [0, 0.05) is 27.5 Å². The smallest absolute Gasteiger partial charge is 0.272 e. The van der Waals surface area contributed by atoms with E-state index in [0.29, 0.717) is 11.3 Å². The Balaban J connectivity index is 1.31. The molecule has 0 aliphatic heterocycles. The first-order valence-electron chi connectivity index (χ1n) is 14.1. The number of nitrogens with zero attached hydrogens (tertiary/aromatic N) is 1. The molecule has 0 heterocycles. The van der Waals surface area contributed by atoms with Crippen LogP contribution in [0.1, 0.15) is 21.5 Å². The molecule has 0 fully saturated rings. The van der Waals surface area contributed by atoms with Gasteiger partial charge in [-0.25, -0.2) is 0 Å². The molecule has 0 bridgehead atoms. The van der Waals surface area contributed by atoms with Gasteiger partial charge in [-0.1, -0.05) is 90.5 Å². The Hall–Kier alpha value is -5.40. The third kappa shape index (κ3) is 8.12. The van der Waals surface area contributed by atoms with Crippen molar-refractivity contribution in [3.05, 3.63) is 162 Å². The molecule has 218 valence electrons. The summed E-state index contributed by atoms with van der Waals surface area (Å²) in [6.45, 7) is 1.96. The fourth-order valence-corrected chi connectivity index (χ4v) is 5.34. The normalized spacial score (nSPS) is 11.0. The zero-order valence-corrected chi connectivity index (χ0v) is 25.0. The van der Waals surface area contributed by atoms with Crippen molar-refractivity contribution in [1.82, 2.24) is 5.32 Å². The van der Waals surface area contributed by atoms with Gasteiger partial charge in [-0.05, 0) is 73.2 Å². The summed E-state index contributed by atoms with van der Waals surface area (Å²) in [6.07, 6.45) is 1.65. The Morgan fingerprint density at radius 2 is 1.32 bits per heavy atom. The maximum atomic E-state index is 13.5. The molecular formula is C37H31N3O3S. The quantitative estimate of drug-likeness (QED) is 0.127. The standard InChI is InChI=1S/C37H31N3O3S/c1-27-13-11-14-28(23-27)24-34(39-36(42)29-15-5-2-6-16-29)37(43)38-30-17-12-22-33(25-30)44-26-35(41)40(31-18-7-3-8-19-31)32-20-9-4-10-21-32/h2-25H,26H2,1H3,(H,38,43)(H,39,42)/b34-24+. The van der Waals surface area contributed by atoms with Gasteiger partial charge in [-0.2, -0.15) is 0 Å². The number of amides is 3. The second-order valence-electron chi connectivity index (χ2n) is 9.96. The van der Waals surface area contributed by atoms with E-state index in [1.165, 1.54) is 11.8 Å². The van der Waals surface area contributed by atoms with Gasteiger partial charge < -0.3 is 10.6 Å². The van der Waals surface area contributed by atoms with Gasteiger partial charge in [0.05, 0.1) is 5.75 Å². The van der Waals surface area contributed by atoms with E-state index in [1.54, 1.807) is 41.3 Å². The number of carbonyl (C=O) groups is 3. The monoisotopic (exact) mass is 597 g/mol. The molecule has 0 saturated carbocycles. The highest BCUT2D eigenvalue weighted by Gasteiger charge is 2.19. The summed E-state index contributed by atoms with van der Waals surface area (Å²) in [7, 11) is 0. The number of thioether (sulfide) groups is 1. The number of hydrogen-bond donors (Lipinski definition) is 2. The summed E-state index contributed by atoms with van der Waals surface area (Å²) in [5, 5.41) is 5.68. The molecule has 6 nitrogen and oxygen atoms in total. The highest BCUT2D eigenvalue weighted by Crippen LogP contribution is 2.28. The minimum absolute atomic E-state index is 0.0752. The summed E-state index contributed by atoms with van der Waals surface area (Å²) < 4.78 is 0. The third-order valence-electron chi connectivity index (χ3n) is 6.61. The second-order valence-corrected chi connectivity index (χ2v) is 11.0. The predicted octanol–water partition coefficient (Wildman–Crippen LogP) is 7.86. The molecule has 5 aromatic rings. The van der Waals surface area contributed by atoms with Crippen LogP contribution in [0, 0.1) is 6.92 Å². The molecule has 0 unspecified atom stereocenters. The number of benzene rings is 5. The number of rotatable bonds is 10. The maximum absolute atomic E-state index is 13.5. The Labute approximate surface area is 261 Å². The van der Waals surface area contributed by atoms with Gasteiger partial charge in [-0.15, -0.1) is 11.8 Å². The largest absolute Gasteiger partial charge is 0.321 e. The summed E-state index contributed by atoms with van der Waals surface area (Å²) in [6, 6.07) is 42.8. The zero-order valence-electron chi connectivity index (χ0n) is 24.1. The van der Waals surface area contributed by atoms with E-state index in [1.807, 2.05) is 116 Å². The molecule has 44 heavy (non-hydrogen) atoms. The van der Waals surface area contributed by atoms with Crippen molar-refractivity contribution in [2.45, 2.75) is 11.8 Å². The van der Waals surface area contributed by atoms with Gasteiger partial charge in [0.25, 0.3) is 11.8 Å². The average Bonchev–Trinajstić information content (AvgIpc) is 3.05. The van der Waals surface area contributed by atoms with Crippen molar-refractivity contribution in [3.8, 4) is 0 Å². The van der Waals surface area contributed by atoms with Crippen molar-refractivity contribution in [3.63, 3.8) is 0 Å². The SMILES string of the molecule is Cc1cccc(/C=C(/NC(=O)c2ccccc2)C(=O)Nc2cccc(SCC(=O)N(c3ccccc3)c3ccccc3)c2)c1. The lowest BCUT2D eigenvalue weighted by molar-refractivity contribution is -0.115. The van der Waals surface area contributed by atoms with Crippen LogP contribution in [0.5, 0.6) is 0 Å². The fraction of sp³-hybridized carbons (Fsp3) is 0.0541. The molecule has 0 aliphatic carbocycles. The molecule has 0 radical (unpaired) electrons. The van der Waals surface area contributed by atoms with E-state index in [4.69, 9.17) is 0 Å². The maximum Gasteiger partial charge on any atom is 0.272 e. The molecule has 5 aromatic carbocycles. The fourth-order valence-electron chi connectivity index (χ4n) is 4.53. The predicted molar refractivity (Wildman–Crippen MR) is 179 cm³/mol. The van der Waals surface area contributed by atoms with Crippen LogP contribution >= 0.6 is 11.8 Å². The Morgan fingerprint density at radius 1 is 0.705 bits per heavy atom. The van der Waals surface area contributed by atoms with Gasteiger partial charge in [-0.3, -0.25) is 19.3 Å². The number of nitrogens with one attached hydrogen (secondary N) is 2. The number of para-hydroxylation sites is 2. The third-order valence-corrected chi connectivity index (χ3v) is 7.59. The van der Waals surface area contributed by atoms with Crippen LogP contribution in [0.4, 0.5) is 17.1 Å². The lowest BCUT2D eigenvalue weighted by Crippen LogP contribution is -2.30. The first-order chi connectivity index (χ1) is 21.5. The molecule has 5 rings (SSSR count). The van der Waals surface area contributed by atoms with E-state index >= 15 is 0 Å². The molecule has 0 atom stereocenters. The van der Waals surface area contributed by atoms with E-state index in [-0.39, 0.29) is 23.3 Å². The number of hydrogen-bond acceptors (Lipinski definition) is 4. The van der Waals surface area contributed by atoms with Crippen molar-refractivity contribution in [2.75, 3.05) is 16.0 Å². The zero-order chi connectivity index (χ0) is 30.7. The van der Waals surface area contributed by atoms with E-state index in [9.17, 15) is 14.4 Å². The van der Waals surface area contributed by atoms with Gasteiger partial charge in [0.15, 0.2) is 0 Å². The van der Waals surface area contributed by atoms with Crippen LogP contribution in [-0.4, -0.2) is 23.5 Å². The summed E-state index contributed by atoms with van der Waals surface area (Å²) in [5.41, 5.74) is 4.49. The topological polar surface area (TPSA) is 78.5 Å². The Morgan fingerprint density at radius 3 is 1.95 bits per heavy atom. The number of aryl methyl sites for hydroxylation is 1. The lowest BCUT2D eigenvalue weighted by atomic mass is 10.1. The first-order valence-corrected chi connectivity index (χ1v) is 15.1. The minimum Gasteiger partial charge on any atom is -0.321 e. The summed E-state index contributed by atoms with van der Waals surface area (Å²) in [5.74, 6) is -0.738. The van der Waals surface area contributed by atoms with Crippen molar-refractivity contribution in [1.29, 1.82) is 0 Å². The minimum atomic E-state index is -0.464. The van der Waals surface area contributed by atoms with Crippen LogP contribution in [0.2, 0.25) is 0 Å². The summed E-state index contributed by atoms with van der Waals surface area (Å²) >= 11 is 1.38. The first kappa shape index (κ1) is 30.1. The number of carbonyl (C=O) groups excluding carboxylic acids is 3. The molecule has 0 aromatic heterocycles. The van der Waals surface area contributed by atoms with Crippen LogP contribution in [0.25, 0.3) is 6.08 Å². The second kappa shape index (κ2) is 14.7. The van der Waals surface area contributed by atoms with Crippen LogP contribution < -0.4 is 15.5 Å². The molecule has 7 heteroatoms. The highest BCUT2D eigenvalue weighted by atomic mass is 32.2. The molecular weight excluding hydrogens is 566 g/mol. The van der Waals surface area contributed by atoms with Gasteiger partial charge >= 0.3 is 0 Å². The molecule has 0 spiro atoms. The molecule has 0 aliphatic rings.